The van der Waals surface area contributed by atoms with Gasteiger partial charge < -0.3 is 19.2 Å². The van der Waals surface area contributed by atoms with Crippen LogP contribution < -0.4 is 19.8 Å². The number of aromatic amines is 1. The van der Waals surface area contributed by atoms with Crippen molar-refractivity contribution in [3.05, 3.63) is 69.8 Å². The minimum absolute atomic E-state index is 0.144. The van der Waals surface area contributed by atoms with Crippen LogP contribution in [0.3, 0.4) is 0 Å². The fourth-order valence-electron chi connectivity index (χ4n) is 4.87. The topological polar surface area (TPSA) is 107 Å². The number of methoxy groups -OCH3 is 3. The van der Waals surface area contributed by atoms with Crippen molar-refractivity contribution >= 4 is 10.9 Å². The number of benzene rings is 2. The fraction of sp³-hybridized carbons (Fsp3) is 0.448. The molecule has 1 atom stereocenters. The summed E-state index contributed by atoms with van der Waals surface area (Å²) in [7, 11) is 4.84. The molecule has 4 aromatic rings. The van der Waals surface area contributed by atoms with E-state index in [-0.39, 0.29) is 17.1 Å². The average Bonchev–Trinajstić information content (AvgIpc) is 3.42. The zero-order valence-electron chi connectivity index (χ0n) is 23.8. The lowest BCUT2D eigenvalue weighted by Crippen LogP contribution is -2.35. The van der Waals surface area contributed by atoms with Crippen LogP contribution in [0.25, 0.3) is 10.9 Å². The van der Waals surface area contributed by atoms with E-state index in [1.54, 1.807) is 27.4 Å². The summed E-state index contributed by atoms with van der Waals surface area (Å²) >= 11 is 0. The molecule has 0 aliphatic heterocycles. The van der Waals surface area contributed by atoms with Gasteiger partial charge in [-0.1, -0.05) is 31.5 Å². The van der Waals surface area contributed by atoms with Gasteiger partial charge in [0.15, 0.2) is 17.3 Å². The summed E-state index contributed by atoms with van der Waals surface area (Å²) in [5, 5.41) is 13.7. The summed E-state index contributed by atoms with van der Waals surface area (Å²) in [6.07, 6.45) is 1.72. The Balaban J connectivity index is 1.83. The van der Waals surface area contributed by atoms with E-state index in [1.807, 2.05) is 41.1 Å². The summed E-state index contributed by atoms with van der Waals surface area (Å²) in [5.74, 6) is 2.71. The van der Waals surface area contributed by atoms with Gasteiger partial charge in [-0.3, -0.25) is 9.69 Å². The first-order valence-corrected chi connectivity index (χ1v) is 13.1. The third-order valence-electron chi connectivity index (χ3n) is 6.79. The number of nitrogens with one attached hydrogen (secondary N) is 1. The molecule has 0 aliphatic carbocycles. The summed E-state index contributed by atoms with van der Waals surface area (Å²) < 4.78 is 18.5. The third-order valence-corrected chi connectivity index (χ3v) is 6.79. The minimum atomic E-state index is -0.309. The second kappa shape index (κ2) is 11.9. The van der Waals surface area contributed by atoms with Gasteiger partial charge in [0.2, 0.25) is 0 Å². The Morgan fingerprint density at radius 2 is 1.62 bits per heavy atom. The normalized spacial score (nSPS) is 12.6. The molecule has 0 aliphatic rings. The van der Waals surface area contributed by atoms with Crippen LogP contribution in [0, 0.1) is 0 Å². The van der Waals surface area contributed by atoms with Gasteiger partial charge in [-0.15, -0.1) is 5.10 Å². The number of tetrazole rings is 1. The van der Waals surface area contributed by atoms with Gasteiger partial charge in [0.1, 0.15) is 5.75 Å². The maximum absolute atomic E-state index is 13.4. The van der Waals surface area contributed by atoms with E-state index < -0.39 is 0 Å². The molecular weight excluding hydrogens is 496 g/mol. The predicted octanol–water partition coefficient (Wildman–Crippen LogP) is 4.84. The van der Waals surface area contributed by atoms with Crippen molar-refractivity contribution in [3.63, 3.8) is 0 Å². The van der Waals surface area contributed by atoms with E-state index in [0.717, 1.165) is 35.4 Å². The molecule has 0 saturated carbocycles. The molecule has 0 radical (unpaired) electrons. The first kappa shape index (κ1) is 28.1. The van der Waals surface area contributed by atoms with Gasteiger partial charge in [-0.2, -0.15) is 0 Å². The zero-order valence-corrected chi connectivity index (χ0v) is 23.8. The molecule has 0 unspecified atom stereocenters. The molecule has 1 N–H and O–H groups in total. The maximum Gasteiger partial charge on any atom is 0.252 e. The Morgan fingerprint density at radius 1 is 0.949 bits per heavy atom. The maximum atomic E-state index is 13.4. The molecule has 2 heterocycles. The number of hydrogen-bond donors (Lipinski definition) is 1. The van der Waals surface area contributed by atoms with Crippen molar-refractivity contribution in [2.75, 3.05) is 21.3 Å². The van der Waals surface area contributed by atoms with E-state index in [9.17, 15) is 4.79 Å². The van der Waals surface area contributed by atoms with E-state index in [1.165, 1.54) is 0 Å². The van der Waals surface area contributed by atoms with Crippen molar-refractivity contribution in [1.29, 1.82) is 0 Å². The molecule has 2 aromatic carbocycles. The van der Waals surface area contributed by atoms with Gasteiger partial charge in [0.05, 0.1) is 38.4 Å². The number of para-hydroxylation sites is 1. The van der Waals surface area contributed by atoms with Crippen LogP contribution in [0.15, 0.2) is 47.3 Å². The Hall–Kier alpha value is -3.92. The lowest BCUT2D eigenvalue weighted by molar-refractivity contribution is 0.147. The summed E-state index contributed by atoms with van der Waals surface area (Å²) in [6, 6.07) is 13.4. The molecular formula is C29H38N6O4. The average molecular weight is 535 g/mol. The second-order valence-corrected chi connectivity index (χ2v) is 10.6. The summed E-state index contributed by atoms with van der Waals surface area (Å²) in [5.41, 5.74) is 1.85. The first-order chi connectivity index (χ1) is 18.7. The van der Waals surface area contributed by atoms with Crippen molar-refractivity contribution in [1.82, 2.24) is 30.1 Å². The van der Waals surface area contributed by atoms with Gasteiger partial charge >= 0.3 is 0 Å². The first-order valence-electron chi connectivity index (χ1n) is 13.1. The summed E-state index contributed by atoms with van der Waals surface area (Å²) in [6.45, 7) is 9.29. The number of H-pyrrole nitrogens is 1. The Kier molecular flexibility index (Phi) is 8.54. The molecule has 0 saturated heterocycles. The molecule has 10 nitrogen and oxygen atoms in total. The Bertz CT molecular complexity index is 1470. The van der Waals surface area contributed by atoms with Crippen molar-refractivity contribution < 1.29 is 14.2 Å². The van der Waals surface area contributed by atoms with Crippen LogP contribution in [0.1, 0.15) is 63.5 Å². The van der Waals surface area contributed by atoms with Gasteiger partial charge in [0, 0.05) is 35.7 Å². The minimum Gasteiger partial charge on any atom is -0.496 e. The highest BCUT2D eigenvalue weighted by Gasteiger charge is 2.31. The zero-order chi connectivity index (χ0) is 28.2. The van der Waals surface area contributed by atoms with Crippen molar-refractivity contribution in [2.45, 2.75) is 65.2 Å². The molecule has 0 spiro atoms. The number of nitrogens with zero attached hydrogens (tertiary/aromatic N) is 5. The van der Waals surface area contributed by atoms with Crippen LogP contribution in [0.5, 0.6) is 17.2 Å². The second-order valence-electron chi connectivity index (χ2n) is 10.6. The molecule has 39 heavy (non-hydrogen) atoms. The van der Waals surface area contributed by atoms with Crippen LogP contribution in [0.2, 0.25) is 0 Å². The highest BCUT2D eigenvalue weighted by atomic mass is 16.5. The summed E-state index contributed by atoms with van der Waals surface area (Å²) in [4.78, 5) is 18.7. The third kappa shape index (κ3) is 6.06. The largest absolute Gasteiger partial charge is 0.496 e. The van der Waals surface area contributed by atoms with Crippen LogP contribution >= 0.6 is 0 Å². The van der Waals surface area contributed by atoms with E-state index in [2.05, 4.69) is 53.1 Å². The van der Waals surface area contributed by atoms with Gasteiger partial charge in [0.25, 0.3) is 5.56 Å². The molecule has 4 rings (SSSR count). The SMILES string of the molecule is CCC[C@H](c1nnnn1C(C)(C)C)N(Cc1ccccc1OC)Cc1cc2cc(OC)c(OC)cc2[nH]c1=O. The van der Waals surface area contributed by atoms with E-state index in [0.29, 0.717) is 35.7 Å². The van der Waals surface area contributed by atoms with E-state index >= 15 is 0 Å². The van der Waals surface area contributed by atoms with Crippen LogP contribution in [-0.4, -0.2) is 51.4 Å². The molecule has 0 amide bonds. The number of hydrogen-bond acceptors (Lipinski definition) is 8. The van der Waals surface area contributed by atoms with Crippen molar-refractivity contribution in [2.24, 2.45) is 0 Å². The smallest absolute Gasteiger partial charge is 0.252 e. The molecule has 208 valence electrons. The number of fused-ring (bicyclic) bond motifs is 1. The van der Waals surface area contributed by atoms with Crippen LogP contribution in [-0.2, 0) is 18.6 Å². The van der Waals surface area contributed by atoms with Gasteiger partial charge in [-0.05, 0) is 55.8 Å². The van der Waals surface area contributed by atoms with Gasteiger partial charge in [-0.25, -0.2) is 4.68 Å². The number of ether oxygens (including phenoxy) is 3. The quantitative estimate of drug-likeness (QED) is 0.291. The van der Waals surface area contributed by atoms with E-state index in [4.69, 9.17) is 14.2 Å². The highest BCUT2D eigenvalue weighted by molar-refractivity contribution is 5.83. The molecule has 10 heteroatoms. The monoisotopic (exact) mass is 534 g/mol. The highest BCUT2D eigenvalue weighted by Crippen LogP contribution is 2.33. The molecule has 0 bridgehead atoms. The number of aromatic nitrogens is 5. The fourth-order valence-corrected chi connectivity index (χ4v) is 4.87. The number of pyridine rings is 1. The lowest BCUT2D eigenvalue weighted by atomic mass is 10.0. The Morgan fingerprint density at radius 3 is 2.28 bits per heavy atom. The standard InChI is InChI=1S/C29H38N6O4/c1-8-11-23(27-31-32-33-35(27)29(2,3)4)34(17-19-12-9-10-13-24(19)37-5)18-21-14-20-15-25(38-6)26(39-7)16-22(20)30-28(21)36/h9-10,12-16,23H,8,11,17-18H2,1-7H3,(H,30,36)/t23-/m1/s1. The number of rotatable bonds is 11. The molecule has 2 aromatic heterocycles. The molecule has 0 fully saturated rings. The lowest BCUT2D eigenvalue weighted by Gasteiger charge is -2.33. The van der Waals surface area contributed by atoms with Crippen molar-refractivity contribution in [3.8, 4) is 17.2 Å². The predicted molar refractivity (Wildman–Crippen MR) is 150 cm³/mol. The van der Waals surface area contributed by atoms with Crippen LogP contribution in [0.4, 0.5) is 0 Å². The Labute approximate surface area is 228 Å².